The summed E-state index contributed by atoms with van der Waals surface area (Å²) in [5, 5.41) is 158. The van der Waals surface area contributed by atoms with Gasteiger partial charge in [-0.15, -0.1) is 0 Å². The molecular weight excluding hydrogens is 1060 g/mol. The summed E-state index contributed by atoms with van der Waals surface area (Å²) in [6, 6.07) is 0. The maximum absolute atomic E-state index is 11.3. The van der Waals surface area contributed by atoms with Gasteiger partial charge < -0.3 is 124 Å². The van der Waals surface area contributed by atoms with Crippen LogP contribution in [0.25, 0.3) is 0 Å². The van der Waals surface area contributed by atoms with E-state index in [2.05, 4.69) is 34.6 Å². The van der Waals surface area contributed by atoms with Crippen molar-refractivity contribution in [3.8, 4) is 0 Å². The van der Waals surface area contributed by atoms with Gasteiger partial charge in [-0.2, -0.15) is 0 Å². The topological polar surface area (TPSA) is 396 Å². The fourth-order valence-corrected chi connectivity index (χ4v) is 15.7. The van der Waals surface area contributed by atoms with Gasteiger partial charge in [0.25, 0.3) is 0 Å². The minimum atomic E-state index is -1.81. The predicted octanol–water partition coefficient (Wildman–Crippen LogP) is -3.26. The third-order valence-electron chi connectivity index (χ3n) is 20.2. The first-order chi connectivity index (χ1) is 38.0. The van der Waals surface area contributed by atoms with E-state index in [0.29, 0.717) is 43.4 Å². The zero-order valence-electron chi connectivity index (χ0n) is 46.8. The van der Waals surface area contributed by atoms with Crippen LogP contribution in [0, 0.1) is 52.3 Å². The molecule has 4 aliphatic carbocycles. The minimum Gasteiger partial charge on any atom is -0.394 e. The Balaban J connectivity index is 0.943. The van der Waals surface area contributed by atoms with Crippen LogP contribution in [0.2, 0.25) is 0 Å². The van der Waals surface area contributed by atoms with E-state index in [9.17, 15) is 76.6 Å². The quantitative estimate of drug-likeness (QED) is 0.0447. The van der Waals surface area contributed by atoms with E-state index in [0.717, 1.165) is 38.5 Å². The third-order valence-corrected chi connectivity index (χ3v) is 20.2. The molecule has 8 rings (SSSR count). The summed E-state index contributed by atoms with van der Waals surface area (Å²) in [5.41, 5.74) is -0.486. The van der Waals surface area contributed by atoms with Crippen LogP contribution in [0.1, 0.15) is 98.8 Å². The Morgan fingerprint density at radius 2 is 0.950 bits per heavy atom. The number of aliphatic hydroxyl groups is 15. The number of hydrogen-bond acceptors (Lipinski definition) is 25. The van der Waals surface area contributed by atoms with Crippen molar-refractivity contribution in [3.63, 3.8) is 0 Å². The van der Waals surface area contributed by atoms with Crippen molar-refractivity contribution < 1.29 is 124 Å². The molecule has 31 atom stereocenters. The molecule has 4 heterocycles. The van der Waals surface area contributed by atoms with Crippen LogP contribution in [-0.4, -0.2) is 271 Å². The van der Waals surface area contributed by atoms with E-state index in [-0.39, 0.29) is 73.1 Å². The first-order valence-corrected chi connectivity index (χ1v) is 29.4. The maximum atomic E-state index is 11.3. The Kier molecular flexibility index (Phi) is 22.6. The highest BCUT2D eigenvalue weighted by Gasteiger charge is 2.67. The van der Waals surface area contributed by atoms with E-state index in [1.54, 1.807) is 0 Å². The van der Waals surface area contributed by atoms with E-state index < -0.39 is 155 Å². The first kappa shape index (κ1) is 65.0. The summed E-state index contributed by atoms with van der Waals surface area (Å²) in [6.45, 7) is 8.70. The second kappa shape index (κ2) is 27.8. The molecule has 4 aliphatic heterocycles. The normalized spacial score (nSPS) is 50.2. The molecule has 8 fully saturated rings. The zero-order valence-corrected chi connectivity index (χ0v) is 46.8. The average Bonchev–Trinajstić information content (AvgIpc) is 4.02. The van der Waals surface area contributed by atoms with Crippen molar-refractivity contribution in [2.24, 2.45) is 52.3 Å². The molecule has 0 radical (unpaired) electrons. The molecule has 466 valence electrons. The van der Waals surface area contributed by atoms with Gasteiger partial charge in [0.15, 0.2) is 25.2 Å². The van der Waals surface area contributed by atoms with E-state index in [1.807, 2.05) is 0 Å². The lowest BCUT2D eigenvalue weighted by Crippen LogP contribution is -2.64. The van der Waals surface area contributed by atoms with Gasteiger partial charge in [0.1, 0.15) is 97.7 Å². The molecule has 0 aromatic carbocycles. The fraction of sp³-hybridized carbons (Fsp3) is 1.00. The molecule has 4 saturated heterocycles. The number of aliphatic hydroxyl groups excluding tert-OH is 15. The molecule has 25 nitrogen and oxygen atoms in total. The Hall–Kier alpha value is -1.00. The molecule has 0 aromatic heterocycles. The van der Waals surface area contributed by atoms with Crippen LogP contribution in [0.15, 0.2) is 0 Å². The van der Waals surface area contributed by atoms with Crippen LogP contribution < -0.4 is 0 Å². The molecule has 0 bridgehead atoms. The molecule has 0 spiro atoms. The van der Waals surface area contributed by atoms with Gasteiger partial charge in [0, 0.05) is 5.41 Å². The summed E-state index contributed by atoms with van der Waals surface area (Å²) in [5.74, 6) is 1.73. The summed E-state index contributed by atoms with van der Waals surface area (Å²) < 4.78 is 60.2. The Labute approximate surface area is 467 Å². The van der Waals surface area contributed by atoms with Crippen molar-refractivity contribution in [2.75, 3.05) is 52.9 Å². The number of fused-ring (bicyclic) bond motifs is 5. The Bertz CT molecular complexity index is 1890. The lowest BCUT2D eigenvalue weighted by molar-refractivity contribution is -0.360. The number of rotatable bonds is 23. The summed E-state index contributed by atoms with van der Waals surface area (Å²) in [4.78, 5) is 0. The van der Waals surface area contributed by atoms with Gasteiger partial charge >= 0.3 is 0 Å². The lowest BCUT2D eigenvalue weighted by atomic mass is 9.43. The van der Waals surface area contributed by atoms with Crippen LogP contribution in [0.3, 0.4) is 0 Å². The highest BCUT2D eigenvalue weighted by Crippen LogP contribution is 2.69. The predicted molar refractivity (Wildman–Crippen MR) is 274 cm³/mol. The number of ether oxygens (including phenoxy) is 10. The largest absolute Gasteiger partial charge is 0.394 e. The summed E-state index contributed by atoms with van der Waals surface area (Å²) >= 11 is 0. The molecule has 9 unspecified atom stereocenters. The molecule has 25 heteroatoms. The molecule has 15 N–H and O–H groups in total. The standard InChI is InChI=1S/C55H96O25/c1-24(2)7-6-8-25(3)28-9-10-29-37-30(19-36(55(28,29)5)72-14-16-74-51-47(70)43(66)49(35(23-59)78-51)80-53-45(68)41(64)39(62)33(21-57)76-53)54(4)12-11-27(60)17-26(54)18-31(37)71-13-15-73-50-46(69)42(65)48(34(22-58)77-50)79-52-44(67)40(63)38(61)32(20-56)75-52/h24-53,56-70H,6-23H2,1-5H3/t25-,26+,27-,28-,29+,30+,31-,32?,33?,34?,35?,36+,37+,38-,39-,40?,41+,42?,43?,44+,45?,46+,47?,48-,49-,50-,51-,52-,53-,54+,55-/m1/s1. The molecule has 8 aliphatic rings. The van der Waals surface area contributed by atoms with E-state index in [4.69, 9.17) is 47.4 Å². The maximum Gasteiger partial charge on any atom is 0.187 e. The van der Waals surface area contributed by atoms with Crippen molar-refractivity contribution in [1.29, 1.82) is 0 Å². The summed E-state index contributed by atoms with van der Waals surface area (Å²) in [7, 11) is 0. The van der Waals surface area contributed by atoms with Crippen LogP contribution in [0.5, 0.6) is 0 Å². The second-order valence-corrected chi connectivity index (χ2v) is 25.3. The molecular formula is C55H96O25. The molecule has 0 amide bonds. The lowest BCUT2D eigenvalue weighted by Gasteiger charge is -2.64. The smallest absolute Gasteiger partial charge is 0.187 e. The Morgan fingerprint density at radius 1 is 0.475 bits per heavy atom. The SMILES string of the molecule is CC(C)CCC[C@@H](C)[C@H]1CC[C@H]2[C@@H]3[C@H](OCCO[C@@H]4OC(CO)[C@@H](O[C@H]5OC(CO)[C@@H](O)C(O)[C@@H]5O)C(O)[C@@H]4O)C[C@@H]4C[C@H](O)CC[C@]4(C)[C@H]3C[C@H](OCCO[C@@H]3OC(CO)[C@@H](O[C@H]4OC(CO)[C@@H](O)[C@H](O)C4O)C(O)C3O)[C@]12C. The van der Waals surface area contributed by atoms with Gasteiger partial charge in [-0.3, -0.25) is 0 Å². The fourth-order valence-electron chi connectivity index (χ4n) is 15.7. The van der Waals surface area contributed by atoms with Crippen LogP contribution in [-0.2, 0) is 47.4 Å². The van der Waals surface area contributed by atoms with E-state index in [1.165, 1.54) is 0 Å². The molecule has 0 aromatic rings. The van der Waals surface area contributed by atoms with E-state index >= 15 is 0 Å². The second-order valence-electron chi connectivity index (χ2n) is 25.3. The highest BCUT2D eigenvalue weighted by atomic mass is 16.8. The third kappa shape index (κ3) is 13.1. The van der Waals surface area contributed by atoms with Gasteiger partial charge in [-0.25, -0.2) is 0 Å². The van der Waals surface area contributed by atoms with Gasteiger partial charge in [0.2, 0.25) is 0 Å². The van der Waals surface area contributed by atoms with Gasteiger partial charge in [-0.05, 0) is 91.8 Å². The average molecular weight is 1160 g/mol. The monoisotopic (exact) mass is 1160 g/mol. The summed E-state index contributed by atoms with van der Waals surface area (Å²) in [6.07, 6.45) is -23.9. The van der Waals surface area contributed by atoms with Crippen LogP contribution >= 0.6 is 0 Å². The van der Waals surface area contributed by atoms with Crippen LogP contribution in [0.4, 0.5) is 0 Å². The molecule has 4 saturated carbocycles. The van der Waals surface area contributed by atoms with Gasteiger partial charge in [0.05, 0.1) is 71.2 Å². The molecule has 80 heavy (non-hydrogen) atoms. The van der Waals surface area contributed by atoms with Crippen molar-refractivity contribution in [1.82, 2.24) is 0 Å². The highest BCUT2D eigenvalue weighted by molar-refractivity contribution is 5.15. The van der Waals surface area contributed by atoms with Crippen molar-refractivity contribution in [3.05, 3.63) is 0 Å². The van der Waals surface area contributed by atoms with Gasteiger partial charge in [-0.1, -0.05) is 53.9 Å². The number of hydrogen-bond donors (Lipinski definition) is 15. The zero-order chi connectivity index (χ0) is 58.1. The minimum absolute atomic E-state index is 0.0655. The van der Waals surface area contributed by atoms with Crippen molar-refractivity contribution in [2.45, 2.75) is 240 Å². The van der Waals surface area contributed by atoms with Crippen molar-refractivity contribution >= 4 is 0 Å². The Morgan fingerprint density at radius 3 is 1.45 bits per heavy atom. The first-order valence-electron chi connectivity index (χ1n) is 29.4.